The van der Waals surface area contributed by atoms with Gasteiger partial charge in [-0.2, -0.15) is 52.7 Å². The predicted octanol–water partition coefficient (Wildman–Crippen LogP) is 17.6. The molecule has 0 amide bonds. The third-order valence-electron chi connectivity index (χ3n) is 17.0. The first-order chi connectivity index (χ1) is 44.1. The molecule has 4 aromatic carbocycles. The Morgan fingerprint density at radius 2 is 0.896 bits per heavy atom. The van der Waals surface area contributed by atoms with Crippen LogP contribution < -0.4 is 20.6 Å². The van der Waals surface area contributed by atoms with Gasteiger partial charge in [0.05, 0.1) is 118 Å². The standard InChI is InChI=1S/C33H36ClF6N3O4Si.C33H34ClF6N3O4Si/c2*1-19-15-42(18-41-19)26-9-8-20(12-28(26)46-5)29(44)25-14-24(34)16-43(30(25)45)27(17-47-48(6,7)31(2,3)4)21-10-22(32(35,36)37)13-23(11-21)33(38,39)40/h8-16,18,27,29,44H,17H2,1-7H3;8-16,18,27H,17H2,1-7H3. The Morgan fingerprint density at radius 3 is 1.26 bits per heavy atom. The van der Waals surface area contributed by atoms with Crippen LogP contribution in [-0.2, 0) is 33.6 Å². The minimum Gasteiger partial charge on any atom is -0.495 e. The summed E-state index contributed by atoms with van der Waals surface area (Å²) in [6, 6.07) is 10.7. The number of benzene rings is 4. The van der Waals surface area contributed by atoms with E-state index in [1.165, 1.54) is 38.5 Å². The number of aliphatic hydroxyl groups excluding tert-OH is 1. The number of aliphatic hydroxyl groups is 1. The second kappa shape index (κ2) is 28.2. The molecular formula is C66H70Cl2F12N6O8Si2. The number of aryl methyl sites for hydroxylation is 2. The van der Waals surface area contributed by atoms with E-state index in [0.717, 1.165) is 39.0 Å². The summed E-state index contributed by atoms with van der Waals surface area (Å²) >= 11 is 12.8. The molecule has 0 aliphatic rings. The lowest BCUT2D eigenvalue weighted by molar-refractivity contribution is -0.144. The lowest BCUT2D eigenvalue weighted by Gasteiger charge is -2.37. The van der Waals surface area contributed by atoms with Gasteiger partial charge in [0.2, 0.25) is 0 Å². The summed E-state index contributed by atoms with van der Waals surface area (Å²) in [6.45, 7) is 21.5. The van der Waals surface area contributed by atoms with E-state index in [2.05, 4.69) is 9.97 Å². The molecule has 0 saturated heterocycles. The number of aromatic nitrogens is 6. The second-order valence-corrected chi connectivity index (χ2v) is 36.3. The van der Waals surface area contributed by atoms with Crippen molar-refractivity contribution in [2.75, 3.05) is 27.4 Å². The molecule has 30 heteroatoms. The third kappa shape index (κ3) is 17.4. The molecule has 0 spiro atoms. The van der Waals surface area contributed by atoms with Crippen LogP contribution in [0.2, 0.25) is 46.3 Å². The van der Waals surface area contributed by atoms with Crippen molar-refractivity contribution in [3.63, 3.8) is 0 Å². The highest BCUT2D eigenvalue weighted by atomic mass is 35.5. The van der Waals surface area contributed by atoms with Crippen LogP contribution in [0, 0.1) is 13.8 Å². The molecule has 14 nitrogen and oxygen atoms in total. The first-order valence-corrected chi connectivity index (χ1v) is 35.9. The molecule has 0 bridgehead atoms. The maximum Gasteiger partial charge on any atom is 0.416 e. The van der Waals surface area contributed by atoms with Gasteiger partial charge >= 0.3 is 24.7 Å². The number of methoxy groups -OCH3 is 2. The van der Waals surface area contributed by atoms with Gasteiger partial charge in [0, 0.05) is 30.4 Å². The van der Waals surface area contributed by atoms with E-state index < -0.39 is 134 Å². The van der Waals surface area contributed by atoms with Crippen molar-refractivity contribution >= 4 is 45.6 Å². The van der Waals surface area contributed by atoms with Crippen LogP contribution in [0.3, 0.4) is 0 Å². The highest BCUT2D eigenvalue weighted by Gasteiger charge is 2.43. The quantitative estimate of drug-likeness (QED) is 0.0499. The van der Waals surface area contributed by atoms with Gasteiger partial charge in [0.25, 0.3) is 11.1 Å². The Kier molecular flexibility index (Phi) is 22.3. The van der Waals surface area contributed by atoms with Crippen molar-refractivity contribution in [3.8, 4) is 22.9 Å². The smallest absolute Gasteiger partial charge is 0.416 e. The minimum atomic E-state index is -5.14. The maximum absolute atomic E-state index is 14.1. The summed E-state index contributed by atoms with van der Waals surface area (Å²) in [4.78, 5) is 50.3. The molecule has 4 heterocycles. The fourth-order valence-electron chi connectivity index (χ4n) is 9.55. The van der Waals surface area contributed by atoms with Gasteiger partial charge in [-0.15, -0.1) is 0 Å². The summed E-state index contributed by atoms with van der Waals surface area (Å²) in [7, 11) is -2.53. The van der Waals surface area contributed by atoms with Gasteiger partial charge < -0.3 is 41.7 Å². The monoisotopic (exact) mass is 1430 g/mol. The highest BCUT2D eigenvalue weighted by molar-refractivity contribution is 6.74. The number of pyridine rings is 2. The van der Waals surface area contributed by atoms with Crippen LogP contribution in [0.4, 0.5) is 52.7 Å². The molecule has 3 unspecified atom stereocenters. The van der Waals surface area contributed by atoms with Crippen LogP contribution >= 0.6 is 23.2 Å². The molecule has 0 saturated carbocycles. The number of carbonyl (C=O) groups is 1. The average Bonchev–Trinajstić information content (AvgIpc) is 0.879. The van der Waals surface area contributed by atoms with Crippen molar-refractivity contribution in [3.05, 3.63) is 220 Å². The van der Waals surface area contributed by atoms with Crippen LogP contribution in [0.25, 0.3) is 11.4 Å². The molecule has 1 N–H and O–H groups in total. The van der Waals surface area contributed by atoms with Gasteiger partial charge in [-0.1, -0.05) is 70.8 Å². The van der Waals surface area contributed by atoms with E-state index >= 15 is 0 Å². The van der Waals surface area contributed by atoms with Crippen LogP contribution in [0.1, 0.15) is 132 Å². The van der Waals surface area contributed by atoms with E-state index in [-0.39, 0.29) is 49.7 Å². The molecule has 96 heavy (non-hydrogen) atoms. The van der Waals surface area contributed by atoms with Crippen molar-refractivity contribution in [1.29, 1.82) is 0 Å². The Balaban J connectivity index is 0.000000271. The zero-order valence-electron chi connectivity index (χ0n) is 54.5. The zero-order chi connectivity index (χ0) is 72.0. The number of nitrogens with zero attached hydrogens (tertiary/aromatic N) is 6. The Hall–Kier alpha value is -7.48. The molecule has 0 aliphatic heterocycles. The summed E-state index contributed by atoms with van der Waals surface area (Å²) in [5.41, 5.74) is -6.94. The SMILES string of the molecule is COc1cc(C(=O)c2cc(Cl)cn(C(CO[Si](C)(C)C(C)(C)C)c3cc(C(F)(F)F)cc(C(F)(F)F)c3)c2=O)ccc1-n1cnc(C)c1.COc1cc(C(O)c2cc(Cl)cn(C(CO[Si](C)(C)C(C)(C)C)c3cc(C(F)(F)F)cc(C(F)(F)F)c3)c2=O)ccc1-n1cnc(C)c1. The molecule has 4 aromatic heterocycles. The largest absolute Gasteiger partial charge is 0.495 e. The summed E-state index contributed by atoms with van der Waals surface area (Å²) in [6.07, 6.45) is -13.3. The van der Waals surface area contributed by atoms with Crippen LogP contribution in [0.5, 0.6) is 11.5 Å². The second-order valence-electron chi connectivity index (χ2n) is 25.9. The number of imidazole rings is 2. The maximum atomic E-state index is 14.1. The van der Waals surface area contributed by atoms with Gasteiger partial charge in [-0.25, -0.2) is 9.97 Å². The van der Waals surface area contributed by atoms with Gasteiger partial charge in [0.15, 0.2) is 22.4 Å². The summed E-state index contributed by atoms with van der Waals surface area (Å²) < 4.78 is 195. The van der Waals surface area contributed by atoms with Crippen molar-refractivity contribution < 1.29 is 80.9 Å². The highest BCUT2D eigenvalue weighted by Crippen LogP contribution is 2.44. The molecular weight excluding hydrogens is 1360 g/mol. The Morgan fingerprint density at radius 1 is 0.521 bits per heavy atom. The number of ketones is 1. The lowest BCUT2D eigenvalue weighted by Crippen LogP contribution is -2.43. The van der Waals surface area contributed by atoms with E-state index in [9.17, 15) is 72.2 Å². The topological polar surface area (TPSA) is 154 Å². The van der Waals surface area contributed by atoms with Crippen molar-refractivity contribution in [1.82, 2.24) is 28.2 Å². The number of hydrogen-bond acceptors (Lipinski definition) is 10. The number of rotatable bonds is 18. The number of ether oxygens (including phenoxy) is 2. The minimum absolute atomic E-state index is 0.00706. The first-order valence-electron chi connectivity index (χ1n) is 29.4. The van der Waals surface area contributed by atoms with E-state index in [1.807, 2.05) is 67.7 Å². The Labute approximate surface area is 557 Å². The summed E-state index contributed by atoms with van der Waals surface area (Å²) in [5, 5.41) is 10.4. The Bertz CT molecular complexity index is 4220. The fraction of sp³-hybridized carbons (Fsp3) is 0.379. The van der Waals surface area contributed by atoms with E-state index in [1.54, 1.807) is 66.2 Å². The number of alkyl halides is 12. The summed E-state index contributed by atoms with van der Waals surface area (Å²) in [5.74, 6) is -0.201. The fourth-order valence-corrected chi connectivity index (χ4v) is 12.0. The molecule has 0 radical (unpaired) electrons. The molecule has 8 rings (SSSR count). The molecule has 0 fully saturated rings. The van der Waals surface area contributed by atoms with E-state index in [4.69, 9.17) is 41.5 Å². The van der Waals surface area contributed by atoms with Crippen LogP contribution in [-0.4, -0.2) is 83.2 Å². The number of hydrogen-bond donors (Lipinski definition) is 1. The van der Waals surface area contributed by atoms with Gasteiger partial charge in [-0.05, 0) is 146 Å². The number of halogens is 14. The van der Waals surface area contributed by atoms with E-state index in [0.29, 0.717) is 41.4 Å². The molecule has 3 atom stereocenters. The van der Waals surface area contributed by atoms with Crippen LogP contribution in [0.15, 0.2) is 132 Å². The third-order valence-corrected chi connectivity index (χ3v) is 26.4. The number of carbonyl (C=O) groups excluding carboxylic acids is 1. The normalized spacial score (nSPS) is 13.8. The van der Waals surface area contributed by atoms with Gasteiger partial charge in [0.1, 0.15) is 17.6 Å². The molecule has 0 aliphatic carbocycles. The molecule has 518 valence electrons. The average molecular weight is 1430 g/mol. The van der Waals surface area contributed by atoms with Crippen molar-refractivity contribution in [2.45, 2.75) is 135 Å². The first kappa shape index (κ1) is 75.9. The van der Waals surface area contributed by atoms with Crippen molar-refractivity contribution in [2.24, 2.45) is 0 Å². The van der Waals surface area contributed by atoms with Gasteiger partial charge in [-0.3, -0.25) is 14.4 Å². The zero-order valence-corrected chi connectivity index (χ0v) is 58.0. The predicted molar refractivity (Wildman–Crippen MR) is 344 cm³/mol. The lowest BCUT2D eigenvalue weighted by atomic mass is 9.98. The molecule has 8 aromatic rings.